The second kappa shape index (κ2) is 9.97. The molecule has 0 spiro atoms. The first kappa shape index (κ1) is 24.8. The number of hydrogen-bond acceptors (Lipinski definition) is 4. The number of nitrogens with one attached hydrogen (secondary N) is 2. The summed E-state index contributed by atoms with van der Waals surface area (Å²) in [4.78, 5) is 0.253. The van der Waals surface area contributed by atoms with Crippen molar-refractivity contribution < 1.29 is 13.2 Å². The van der Waals surface area contributed by atoms with Gasteiger partial charge in [-0.2, -0.15) is 0 Å². The number of allylic oxidation sites excluding steroid dienone is 2. The van der Waals surface area contributed by atoms with Gasteiger partial charge in [-0.15, -0.1) is 0 Å². The van der Waals surface area contributed by atoms with E-state index in [1.807, 2.05) is 66.7 Å². The summed E-state index contributed by atoms with van der Waals surface area (Å²) >= 11 is 3.60. The van der Waals surface area contributed by atoms with E-state index in [1.54, 1.807) is 25.3 Å². The molecule has 0 unspecified atom stereocenters. The largest absolute Gasteiger partial charge is 0.496 e. The van der Waals surface area contributed by atoms with Crippen LogP contribution in [0.1, 0.15) is 29.5 Å². The lowest BCUT2D eigenvalue weighted by Crippen LogP contribution is -2.29. The van der Waals surface area contributed by atoms with Crippen LogP contribution in [0.15, 0.2) is 113 Å². The summed E-state index contributed by atoms with van der Waals surface area (Å²) in [5.41, 5.74) is 5.67. The second-order valence-electron chi connectivity index (χ2n) is 9.66. The van der Waals surface area contributed by atoms with E-state index in [9.17, 15) is 8.42 Å². The van der Waals surface area contributed by atoms with Crippen LogP contribution in [0.3, 0.4) is 0 Å². The summed E-state index contributed by atoms with van der Waals surface area (Å²) in [5.74, 6) is 1.20. The zero-order valence-corrected chi connectivity index (χ0v) is 23.2. The van der Waals surface area contributed by atoms with E-state index in [0.717, 1.165) is 44.6 Å². The van der Waals surface area contributed by atoms with Crippen molar-refractivity contribution in [1.82, 2.24) is 0 Å². The van der Waals surface area contributed by atoms with Crippen LogP contribution in [-0.2, 0) is 10.0 Å². The van der Waals surface area contributed by atoms with Gasteiger partial charge in [-0.1, -0.05) is 70.5 Å². The molecule has 0 saturated heterocycles. The van der Waals surface area contributed by atoms with Crippen LogP contribution < -0.4 is 14.8 Å². The van der Waals surface area contributed by atoms with E-state index in [4.69, 9.17) is 4.74 Å². The van der Waals surface area contributed by atoms with E-state index in [0.29, 0.717) is 5.69 Å². The third kappa shape index (κ3) is 4.61. The number of hydrogen-bond donors (Lipinski definition) is 2. The van der Waals surface area contributed by atoms with Crippen LogP contribution in [0.4, 0.5) is 11.4 Å². The fraction of sp³-hybridized carbons (Fsp3) is 0.161. The first-order valence-electron chi connectivity index (χ1n) is 12.5. The summed E-state index contributed by atoms with van der Waals surface area (Å²) in [7, 11) is -2.08. The third-order valence-electron chi connectivity index (χ3n) is 7.42. The van der Waals surface area contributed by atoms with Gasteiger partial charge in [0, 0.05) is 27.3 Å². The molecular formula is C31H27BrN2O3S. The molecule has 2 N–H and O–H groups in total. The highest BCUT2D eigenvalue weighted by atomic mass is 79.9. The van der Waals surface area contributed by atoms with Crippen molar-refractivity contribution in [2.45, 2.75) is 23.3 Å². The highest BCUT2D eigenvalue weighted by molar-refractivity contribution is 9.10. The molecule has 7 heteroatoms. The molecule has 1 heterocycles. The summed E-state index contributed by atoms with van der Waals surface area (Å²) in [6.45, 7) is 0. The highest BCUT2D eigenvalue weighted by Gasteiger charge is 2.39. The molecule has 192 valence electrons. The maximum atomic E-state index is 13.4. The van der Waals surface area contributed by atoms with Gasteiger partial charge in [0.2, 0.25) is 0 Å². The average Bonchev–Trinajstić information content (AvgIpc) is 3.43. The lowest BCUT2D eigenvalue weighted by Gasteiger charge is -2.38. The van der Waals surface area contributed by atoms with Gasteiger partial charge < -0.3 is 10.1 Å². The Balaban J connectivity index is 1.28. The highest BCUT2D eigenvalue weighted by Crippen LogP contribution is 2.51. The smallest absolute Gasteiger partial charge is 0.261 e. The molecule has 4 aromatic rings. The summed E-state index contributed by atoms with van der Waals surface area (Å²) in [6.07, 6.45) is 5.30. The zero-order valence-electron chi connectivity index (χ0n) is 20.8. The monoisotopic (exact) mass is 586 g/mol. The molecule has 0 amide bonds. The standard InChI is InChI=1S/C31H27BrN2O3S/c1-37-30-17-12-22(32)18-28(30)31-26-9-5-8-25(26)27-19-24(15-16-29(27)33-31)38(35,36)34-23-13-10-21(11-14-23)20-6-3-2-4-7-20/h2-8,10-19,25-26,31,33-34H,9H2,1H3/t25-,26+,31-/m0/s1. The molecule has 0 radical (unpaired) electrons. The average molecular weight is 588 g/mol. The Morgan fingerprint density at radius 2 is 1.66 bits per heavy atom. The molecule has 6 rings (SSSR count). The predicted octanol–water partition coefficient (Wildman–Crippen LogP) is 7.75. The fourth-order valence-electron chi connectivity index (χ4n) is 5.57. The number of halogens is 1. The minimum absolute atomic E-state index is 0.0404. The SMILES string of the molecule is COc1ccc(Br)cc1[C@H]1Nc2ccc(S(=O)(=O)Nc3ccc(-c4ccccc4)cc3)cc2[C@H]2C=CC[C@H]21. The number of sulfonamides is 1. The summed E-state index contributed by atoms with van der Waals surface area (Å²) < 4.78 is 36.2. The first-order chi connectivity index (χ1) is 18.4. The molecule has 0 saturated carbocycles. The third-order valence-corrected chi connectivity index (χ3v) is 9.29. The number of fused-ring (bicyclic) bond motifs is 3. The quantitative estimate of drug-likeness (QED) is 0.227. The van der Waals surface area contributed by atoms with E-state index < -0.39 is 10.0 Å². The molecular weight excluding hydrogens is 560 g/mol. The topological polar surface area (TPSA) is 67.4 Å². The van der Waals surface area contributed by atoms with Crippen molar-refractivity contribution in [3.63, 3.8) is 0 Å². The van der Waals surface area contributed by atoms with Crippen LogP contribution in [0.2, 0.25) is 0 Å². The molecule has 3 atom stereocenters. The minimum Gasteiger partial charge on any atom is -0.496 e. The van der Waals surface area contributed by atoms with E-state index in [2.05, 4.69) is 44.2 Å². The zero-order chi connectivity index (χ0) is 26.3. The molecule has 1 aliphatic carbocycles. The normalized spacial score (nSPS) is 19.8. The lowest BCUT2D eigenvalue weighted by molar-refractivity contribution is 0.381. The molecule has 4 aromatic carbocycles. The van der Waals surface area contributed by atoms with Gasteiger partial charge in [-0.25, -0.2) is 8.42 Å². The summed E-state index contributed by atoms with van der Waals surface area (Å²) in [5, 5.41) is 3.68. The van der Waals surface area contributed by atoms with Gasteiger partial charge >= 0.3 is 0 Å². The van der Waals surface area contributed by atoms with Crippen molar-refractivity contribution in [2.75, 3.05) is 17.1 Å². The number of rotatable bonds is 6. The Morgan fingerprint density at radius 1 is 0.895 bits per heavy atom. The second-order valence-corrected chi connectivity index (χ2v) is 12.3. The van der Waals surface area contributed by atoms with Gasteiger partial charge in [-0.05, 0) is 77.6 Å². The van der Waals surface area contributed by atoms with Gasteiger partial charge in [0.25, 0.3) is 10.0 Å². The van der Waals surface area contributed by atoms with Gasteiger partial charge in [0.15, 0.2) is 0 Å². The molecule has 0 fully saturated rings. The Hall–Kier alpha value is -3.55. The van der Waals surface area contributed by atoms with Crippen molar-refractivity contribution in [3.8, 4) is 16.9 Å². The Bertz CT molecular complexity index is 1620. The minimum atomic E-state index is -3.76. The van der Waals surface area contributed by atoms with Crippen LogP contribution in [-0.4, -0.2) is 15.5 Å². The lowest BCUT2D eigenvalue weighted by atomic mass is 9.77. The maximum absolute atomic E-state index is 13.4. The van der Waals surface area contributed by atoms with Crippen molar-refractivity contribution in [3.05, 3.63) is 119 Å². The van der Waals surface area contributed by atoms with Crippen LogP contribution in [0.5, 0.6) is 5.75 Å². The Kier molecular flexibility index (Phi) is 6.50. The number of anilines is 2. The van der Waals surface area contributed by atoms with Gasteiger partial charge in [-0.3, -0.25) is 4.72 Å². The Morgan fingerprint density at radius 3 is 2.42 bits per heavy atom. The molecule has 38 heavy (non-hydrogen) atoms. The number of ether oxygens (including phenoxy) is 1. The number of methoxy groups -OCH3 is 1. The molecule has 0 aromatic heterocycles. The van der Waals surface area contributed by atoms with Crippen molar-refractivity contribution in [1.29, 1.82) is 0 Å². The molecule has 0 bridgehead atoms. The Labute approximate surface area is 231 Å². The first-order valence-corrected chi connectivity index (χ1v) is 14.8. The number of benzene rings is 4. The fourth-order valence-corrected chi connectivity index (χ4v) is 7.04. The van der Waals surface area contributed by atoms with Gasteiger partial charge in [0.05, 0.1) is 18.0 Å². The van der Waals surface area contributed by atoms with E-state index >= 15 is 0 Å². The molecule has 1 aliphatic heterocycles. The molecule has 2 aliphatic rings. The van der Waals surface area contributed by atoms with Crippen LogP contribution >= 0.6 is 15.9 Å². The van der Waals surface area contributed by atoms with E-state index in [1.165, 1.54) is 0 Å². The maximum Gasteiger partial charge on any atom is 0.261 e. The predicted molar refractivity (Wildman–Crippen MR) is 156 cm³/mol. The molecule has 5 nitrogen and oxygen atoms in total. The van der Waals surface area contributed by atoms with E-state index in [-0.39, 0.29) is 22.8 Å². The van der Waals surface area contributed by atoms with Crippen LogP contribution in [0, 0.1) is 5.92 Å². The summed E-state index contributed by atoms with van der Waals surface area (Å²) in [6, 6.07) is 28.9. The van der Waals surface area contributed by atoms with Crippen molar-refractivity contribution in [2.24, 2.45) is 5.92 Å². The van der Waals surface area contributed by atoms with Gasteiger partial charge in [0.1, 0.15) is 5.75 Å². The van der Waals surface area contributed by atoms with Crippen LogP contribution in [0.25, 0.3) is 11.1 Å². The van der Waals surface area contributed by atoms with Crippen molar-refractivity contribution >= 4 is 37.3 Å².